The number of aromatic nitrogens is 3. The molecule has 0 aliphatic carbocycles. The Balaban J connectivity index is 1.63. The molecule has 4 rings (SSSR count). The van der Waals surface area contributed by atoms with Gasteiger partial charge in [-0.1, -0.05) is 31.2 Å². The summed E-state index contributed by atoms with van der Waals surface area (Å²) in [5.41, 5.74) is 3.66. The minimum Gasteiger partial charge on any atom is -0.492 e. The van der Waals surface area contributed by atoms with Crippen LogP contribution in [-0.4, -0.2) is 27.3 Å². The van der Waals surface area contributed by atoms with Gasteiger partial charge in [-0.15, -0.1) is 5.10 Å². The van der Waals surface area contributed by atoms with Gasteiger partial charge < -0.3 is 4.74 Å². The molecule has 0 saturated heterocycles. The summed E-state index contributed by atoms with van der Waals surface area (Å²) >= 11 is 0. The molecule has 6 heteroatoms. The number of para-hydroxylation sites is 1. The van der Waals surface area contributed by atoms with Crippen LogP contribution in [0.15, 0.2) is 42.5 Å². The van der Waals surface area contributed by atoms with Crippen molar-refractivity contribution in [2.75, 3.05) is 11.9 Å². The summed E-state index contributed by atoms with van der Waals surface area (Å²) in [5.74, 6) is 1.42. The lowest BCUT2D eigenvalue weighted by molar-refractivity contribution is 0.102. The lowest BCUT2D eigenvalue weighted by atomic mass is 10.0. The number of hydrogen-bond donors (Lipinski definition) is 1. The molecule has 1 N–H and O–H groups in total. The van der Waals surface area contributed by atoms with E-state index < -0.39 is 0 Å². The summed E-state index contributed by atoms with van der Waals surface area (Å²) < 4.78 is 7.39. The molecule has 0 unspecified atom stereocenters. The number of nitrogens with one attached hydrogen (secondary N) is 1. The van der Waals surface area contributed by atoms with Gasteiger partial charge in [0.25, 0.3) is 5.91 Å². The number of rotatable bonds is 4. The highest BCUT2D eigenvalue weighted by molar-refractivity contribution is 6.06. The number of benzene rings is 2. The molecule has 26 heavy (non-hydrogen) atoms. The Kier molecular flexibility index (Phi) is 4.16. The number of anilines is 1. The van der Waals surface area contributed by atoms with Crippen molar-refractivity contribution in [3.8, 4) is 11.4 Å². The van der Waals surface area contributed by atoms with Gasteiger partial charge >= 0.3 is 0 Å². The number of hydrogen-bond acceptors (Lipinski definition) is 4. The van der Waals surface area contributed by atoms with Crippen molar-refractivity contribution in [3.05, 3.63) is 65.0 Å². The van der Waals surface area contributed by atoms with E-state index in [1.807, 2.05) is 43.3 Å². The molecule has 0 fully saturated rings. The van der Waals surface area contributed by atoms with Crippen molar-refractivity contribution in [2.24, 2.45) is 0 Å². The molecular formula is C20H20N4O2. The Hall–Kier alpha value is -3.15. The number of carbonyl (C=O) groups is 1. The molecule has 0 radical (unpaired) electrons. The molecule has 0 spiro atoms. The Morgan fingerprint density at radius 3 is 2.85 bits per heavy atom. The maximum atomic E-state index is 12.8. The third kappa shape index (κ3) is 2.94. The Labute approximate surface area is 151 Å². The fourth-order valence-electron chi connectivity index (χ4n) is 3.17. The number of aryl methyl sites for hydroxylation is 2. The van der Waals surface area contributed by atoms with Gasteiger partial charge in [-0.25, -0.2) is 4.68 Å². The summed E-state index contributed by atoms with van der Waals surface area (Å²) in [5, 5.41) is 7.22. The van der Waals surface area contributed by atoms with Crippen molar-refractivity contribution >= 4 is 11.9 Å². The quantitative estimate of drug-likeness (QED) is 0.785. The van der Waals surface area contributed by atoms with Gasteiger partial charge in [-0.2, -0.15) is 4.98 Å². The molecule has 3 aromatic rings. The first-order valence-electron chi connectivity index (χ1n) is 8.74. The Bertz CT molecular complexity index is 963. The smallest absolute Gasteiger partial charge is 0.261 e. The highest BCUT2D eigenvalue weighted by Gasteiger charge is 2.23. The van der Waals surface area contributed by atoms with Gasteiger partial charge in [0.1, 0.15) is 11.6 Å². The molecule has 1 amide bonds. The normalized spacial score (nSPS) is 12.5. The van der Waals surface area contributed by atoms with E-state index >= 15 is 0 Å². The standard InChI is InChI=1S/C20H20N4O2/c1-3-14-11-15-9-10-26-18(15)17(12-14)19(25)22-20-21-13(2)24(23-20)16-7-5-4-6-8-16/h4-8,11-12H,3,9-10H2,1-2H3,(H,22,23,25). The van der Waals surface area contributed by atoms with Crippen LogP contribution >= 0.6 is 0 Å². The van der Waals surface area contributed by atoms with E-state index in [4.69, 9.17) is 4.74 Å². The van der Waals surface area contributed by atoms with Crippen molar-refractivity contribution < 1.29 is 9.53 Å². The van der Waals surface area contributed by atoms with E-state index in [0.29, 0.717) is 23.7 Å². The first-order valence-corrected chi connectivity index (χ1v) is 8.74. The number of ether oxygens (including phenoxy) is 1. The van der Waals surface area contributed by atoms with Crippen LogP contribution in [0.2, 0.25) is 0 Å². The second-order valence-electron chi connectivity index (χ2n) is 6.27. The Morgan fingerprint density at radius 1 is 1.27 bits per heavy atom. The second-order valence-corrected chi connectivity index (χ2v) is 6.27. The lowest BCUT2D eigenvalue weighted by Crippen LogP contribution is -2.15. The van der Waals surface area contributed by atoms with Gasteiger partial charge in [0, 0.05) is 6.42 Å². The second kappa shape index (κ2) is 6.63. The number of amides is 1. The van der Waals surface area contributed by atoms with E-state index in [1.54, 1.807) is 4.68 Å². The largest absolute Gasteiger partial charge is 0.492 e. The maximum Gasteiger partial charge on any atom is 0.261 e. The van der Waals surface area contributed by atoms with Crippen LogP contribution in [0.25, 0.3) is 5.69 Å². The van der Waals surface area contributed by atoms with Gasteiger partial charge in [-0.3, -0.25) is 10.1 Å². The zero-order valence-electron chi connectivity index (χ0n) is 14.8. The molecule has 2 aromatic carbocycles. The molecular weight excluding hydrogens is 328 g/mol. The zero-order valence-corrected chi connectivity index (χ0v) is 14.8. The third-order valence-electron chi connectivity index (χ3n) is 4.49. The average molecular weight is 348 g/mol. The first kappa shape index (κ1) is 16.3. The van der Waals surface area contributed by atoms with E-state index in [2.05, 4.69) is 28.4 Å². The molecule has 1 aliphatic heterocycles. The average Bonchev–Trinajstić information content (AvgIpc) is 3.27. The van der Waals surface area contributed by atoms with E-state index in [9.17, 15) is 4.79 Å². The highest BCUT2D eigenvalue weighted by atomic mass is 16.5. The van der Waals surface area contributed by atoms with Crippen LogP contribution < -0.4 is 10.1 Å². The van der Waals surface area contributed by atoms with Crippen LogP contribution in [-0.2, 0) is 12.8 Å². The highest BCUT2D eigenvalue weighted by Crippen LogP contribution is 2.31. The van der Waals surface area contributed by atoms with Gasteiger partial charge in [0.15, 0.2) is 0 Å². The first-order chi connectivity index (χ1) is 12.7. The third-order valence-corrected chi connectivity index (χ3v) is 4.49. The lowest BCUT2D eigenvalue weighted by Gasteiger charge is -2.09. The van der Waals surface area contributed by atoms with Crippen LogP contribution in [0.4, 0.5) is 5.95 Å². The van der Waals surface area contributed by atoms with Gasteiger partial charge in [0.05, 0.1) is 17.9 Å². The van der Waals surface area contributed by atoms with E-state index in [0.717, 1.165) is 29.7 Å². The van der Waals surface area contributed by atoms with Crippen LogP contribution in [0.3, 0.4) is 0 Å². The molecule has 132 valence electrons. The molecule has 6 nitrogen and oxygen atoms in total. The predicted octanol–water partition coefficient (Wildman–Crippen LogP) is 3.33. The molecule has 0 atom stereocenters. The fourth-order valence-corrected chi connectivity index (χ4v) is 3.17. The minimum absolute atomic E-state index is 0.247. The SMILES string of the molecule is CCc1cc2c(c(C(=O)Nc3nc(C)n(-c4ccccc4)n3)c1)OCC2. The van der Waals surface area contributed by atoms with Gasteiger partial charge in [-0.05, 0) is 42.7 Å². The summed E-state index contributed by atoms with van der Waals surface area (Å²) in [6.45, 7) is 4.54. The fraction of sp³-hybridized carbons (Fsp3) is 0.250. The van der Waals surface area contributed by atoms with E-state index in [1.165, 1.54) is 0 Å². The monoisotopic (exact) mass is 348 g/mol. The van der Waals surface area contributed by atoms with Gasteiger partial charge in [0.2, 0.25) is 5.95 Å². The predicted molar refractivity (Wildman–Crippen MR) is 99.1 cm³/mol. The molecule has 1 aromatic heterocycles. The van der Waals surface area contributed by atoms with Crippen LogP contribution in [0.1, 0.15) is 34.2 Å². The number of fused-ring (bicyclic) bond motifs is 1. The van der Waals surface area contributed by atoms with Crippen molar-refractivity contribution in [3.63, 3.8) is 0 Å². The van der Waals surface area contributed by atoms with E-state index in [-0.39, 0.29) is 11.9 Å². The summed E-state index contributed by atoms with van der Waals surface area (Å²) in [4.78, 5) is 17.2. The number of carbonyl (C=O) groups excluding carboxylic acids is 1. The van der Waals surface area contributed by atoms with Crippen molar-refractivity contribution in [1.82, 2.24) is 14.8 Å². The van der Waals surface area contributed by atoms with Crippen LogP contribution in [0.5, 0.6) is 5.75 Å². The maximum absolute atomic E-state index is 12.8. The molecule has 0 bridgehead atoms. The summed E-state index contributed by atoms with van der Waals surface area (Å²) in [6, 6.07) is 13.7. The van der Waals surface area contributed by atoms with Crippen molar-refractivity contribution in [2.45, 2.75) is 26.7 Å². The van der Waals surface area contributed by atoms with Crippen LogP contribution in [0, 0.1) is 6.92 Å². The minimum atomic E-state index is -0.247. The summed E-state index contributed by atoms with van der Waals surface area (Å²) in [7, 11) is 0. The molecule has 1 aliphatic rings. The van der Waals surface area contributed by atoms with Crippen molar-refractivity contribution in [1.29, 1.82) is 0 Å². The topological polar surface area (TPSA) is 69.0 Å². The molecule has 2 heterocycles. The molecule has 0 saturated carbocycles. The number of nitrogens with zero attached hydrogens (tertiary/aromatic N) is 3. The Morgan fingerprint density at radius 2 is 2.08 bits per heavy atom. The summed E-state index contributed by atoms with van der Waals surface area (Å²) in [6.07, 6.45) is 1.71. The zero-order chi connectivity index (χ0) is 18.1.